The van der Waals surface area contributed by atoms with E-state index in [1.54, 1.807) is 30.5 Å². The lowest BCUT2D eigenvalue weighted by Gasteiger charge is -2.02. The zero-order valence-electron chi connectivity index (χ0n) is 8.56. The first kappa shape index (κ1) is 10.8. The van der Waals surface area contributed by atoms with Crippen LogP contribution in [0.15, 0.2) is 48.7 Å². The normalized spacial score (nSPS) is 10.1. The van der Waals surface area contributed by atoms with E-state index in [2.05, 4.69) is 4.98 Å². The fraction of sp³-hybridized carbons (Fsp3) is 0.0769. The standard InChI is InChI=1S/C13H10ClNO/c14-11-6-2-1-5-10(11)9-13(16)12-7-3-4-8-15-12/h1-8H,9H2. The van der Waals surface area contributed by atoms with E-state index in [1.165, 1.54) is 0 Å². The average molecular weight is 232 g/mol. The Bertz CT molecular complexity index is 496. The molecular weight excluding hydrogens is 222 g/mol. The van der Waals surface area contributed by atoms with Gasteiger partial charge in [-0.15, -0.1) is 0 Å². The summed E-state index contributed by atoms with van der Waals surface area (Å²) >= 11 is 5.98. The van der Waals surface area contributed by atoms with Crippen molar-refractivity contribution in [3.63, 3.8) is 0 Å². The number of aromatic nitrogens is 1. The number of nitrogens with zero attached hydrogens (tertiary/aromatic N) is 1. The molecule has 0 saturated heterocycles. The topological polar surface area (TPSA) is 30.0 Å². The first-order chi connectivity index (χ1) is 7.77. The van der Waals surface area contributed by atoms with Crippen molar-refractivity contribution in [2.45, 2.75) is 6.42 Å². The number of hydrogen-bond acceptors (Lipinski definition) is 2. The zero-order valence-corrected chi connectivity index (χ0v) is 9.32. The molecule has 2 nitrogen and oxygen atoms in total. The minimum atomic E-state index is -0.0197. The predicted molar refractivity (Wildman–Crippen MR) is 63.7 cm³/mol. The van der Waals surface area contributed by atoms with Crippen molar-refractivity contribution in [2.75, 3.05) is 0 Å². The van der Waals surface area contributed by atoms with Gasteiger partial charge < -0.3 is 0 Å². The molecule has 0 atom stereocenters. The maximum absolute atomic E-state index is 11.8. The van der Waals surface area contributed by atoms with E-state index in [0.29, 0.717) is 10.7 Å². The van der Waals surface area contributed by atoms with Crippen LogP contribution in [0.1, 0.15) is 16.1 Å². The number of pyridine rings is 1. The molecule has 80 valence electrons. The van der Waals surface area contributed by atoms with Crippen molar-refractivity contribution >= 4 is 17.4 Å². The number of carbonyl (C=O) groups is 1. The highest BCUT2D eigenvalue weighted by Crippen LogP contribution is 2.16. The lowest BCUT2D eigenvalue weighted by Crippen LogP contribution is -2.05. The molecule has 0 amide bonds. The first-order valence-corrected chi connectivity index (χ1v) is 5.33. The molecule has 2 rings (SSSR count). The molecular formula is C13H10ClNO. The highest BCUT2D eigenvalue weighted by molar-refractivity contribution is 6.31. The molecule has 0 aliphatic rings. The second kappa shape index (κ2) is 4.90. The van der Waals surface area contributed by atoms with E-state index >= 15 is 0 Å². The maximum Gasteiger partial charge on any atom is 0.185 e. The van der Waals surface area contributed by atoms with Crippen molar-refractivity contribution in [2.24, 2.45) is 0 Å². The quantitative estimate of drug-likeness (QED) is 0.760. The van der Waals surface area contributed by atoms with Gasteiger partial charge in [0.1, 0.15) is 5.69 Å². The van der Waals surface area contributed by atoms with Gasteiger partial charge in [0.2, 0.25) is 0 Å². The summed E-state index contributed by atoms with van der Waals surface area (Å²) in [5, 5.41) is 0.617. The molecule has 3 heteroatoms. The van der Waals surface area contributed by atoms with Gasteiger partial charge in [-0.1, -0.05) is 35.9 Å². The highest BCUT2D eigenvalue weighted by atomic mass is 35.5. The van der Waals surface area contributed by atoms with Crippen LogP contribution in [-0.2, 0) is 6.42 Å². The molecule has 0 aliphatic heterocycles. The summed E-state index contributed by atoms with van der Waals surface area (Å²) in [6, 6.07) is 12.6. The highest BCUT2D eigenvalue weighted by Gasteiger charge is 2.09. The van der Waals surface area contributed by atoms with Gasteiger partial charge >= 0.3 is 0 Å². The third-order valence-electron chi connectivity index (χ3n) is 2.26. The number of carbonyl (C=O) groups excluding carboxylic acids is 1. The average Bonchev–Trinajstić information content (AvgIpc) is 2.33. The molecule has 0 fully saturated rings. The molecule has 0 N–H and O–H groups in total. The Kier molecular flexibility index (Phi) is 3.32. The van der Waals surface area contributed by atoms with E-state index in [1.807, 2.05) is 18.2 Å². The molecule has 1 aromatic carbocycles. The number of hydrogen-bond donors (Lipinski definition) is 0. The first-order valence-electron chi connectivity index (χ1n) is 4.95. The zero-order chi connectivity index (χ0) is 11.4. The van der Waals surface area contributed by atoms with Crippen LogP contribution in [0, 0.1) is 0 Å². The maximum atomic E-state index is 11.8. The van der Waals surface area contributed by atoms with Gasteiger partial charge in [0.25, 0.3) is 0 Å². The molecule has 0 unspecified atom stereocenters. The SMILES string of the molecule is O=C(Cc1ccccc1Cl)c1ccccn1. The number of ketones is 1. The number of rotatable bonds is 3. The Hall–Kier alpha value is -1.67. The molecule has 1 heterocycles. The van der Waals surface area contributed by atoms with E-state index in [0.717, 1.165) is 5.56 Å². The van der Waals surface area contributed by atoms with E-state index in [-0.39, 0.29) is 12.2 Å². The molecule has 0 saturated carbocycles. The van der Waals surface area contributed by atoms with Gasteiger partial charge in [-0.25, -0.2) is 0 Å². The summed E-state index contributed by atoms with van der Waals surface area (Å²) in [5.41, 5.74) is 1.31. The van der Waals surface area contributed by atoms with E-state index < -0.39 is 0 Å². The predicted octanol–water partition coefficient (Wildman–Crippen LogP) is 3.16. The fourth-order valence-electron chi connectivity index (χ4n) is 1.43. The lowest BCUT2D eigenvalue weighted by atomic mass is 10.1. The Morgan fingerprint density at radius 2 is 1.88 bits per heavy atom. The Morgan fingerprint density at radius 1 is 1.12 bits per heavy atom. The van der Waals surface area contributed by atoms with Crippen LogP contribution in [0.4, 0.5) is 0 Å². The van der Waals surface area contributed by atoms with Crippen molar-refractivity contribution in [1.29, 1.82) is 0 Å². The van der Waals surface area contributed by atoms with Crippen molar-refractivity contribution in [3.8, 4) is 0 Å². The summed E-state index contributed by atoms with van der Waals surface area (Å²) in [6.45, 7) is 0. The Morgan fingerprint density at radius 3 is 2.56 bits per heavy atom. The van der Waals surface area contributed by atoms with Gasteiger partial charge in [0, 0.05) is 17.6 Å². The van der Waals surface area contributed by atoms with Crippen LogP contribution < -0.4 is 0 Å². The summed E-state index contributed by atoms with van der Waals surface area (Å²) < 4.78 is 0. The molecule has 0 bridgehead atoms. The van der Waals surface area contributed by atoms with Crippen molar-refractivity contribution < 1.29 is 4.79 Å². The number of halogens is 1. The van der Waals surface area contributed by atoms with Gasteiger partial charge in [-0.3, -0.25) is 9.78 Å². The summed E-state index contributed by atoms with van der Waals surface area (Å²) in [5.74, 6) is -0.0197. The number of benzene rings is 1. The van der Waals surface area contributed by atoms with Crippen LogP contribution in [0.3, 0.4) is 0 Å². The van der Waals surface area contributed by atoms with Crippen LogP contribution in [0.5, 0.6) is 0 Å². The van der Waals surface area contributed by atoms with Gasteiger partial charge in [0.15, 0.2) is 5.78 Å². The molecule has 16 heavy (non-hydrogen) atoms. The molecule has 1 aromatic heterocycles. The molecule has 0 spiro atoms. The minimum absolute atomic E-state index is 0.0197. The second-order valence-electron chi connectivity index (χ2n) is 3.41. The molecule has 0 aliphatic carbocycles. The molecule has 2 aromatic rings. The smallest absolute Gasteiger partial charge is 0.185 e. The minimum Gasteiger partial charge on any atom is -0.292 e. The van der Waals surface area contributed by atoms with Crippen LogP contribution in [-0.4, -0.2) is 10.8 Å². The number of Topliss-reactive ketones (excluding diaryl/α,β-unsaturated/α-hetero) is 1. The summed E-state index contributed by atoms with van der Waals surface area (Å²) in [6.07, 6.45) is 1.90. The van der Waals surface area contributed by atoms with E-state index in [4.69, 9.17) is 11.6 Å². The third kappa shape index (κ3) is 2.47. The van der Waals surface area contributed by atoms with Crippen molar-refractivity contribution in [3.05, 3.63) is 64.9 Å². The summed E-state index contributed by atoms with van der Waals surface area (Å²) in [7, 11) is 0. The lowest BCUT2D eigenvalue weighted by molar-refractivity contribution is 0.0988. The monoisotopic (exact) mass is 231 g/mol. The summed E-state index contributed by atoms with van der Waals surface area (Å²) in [4.78, 5) is 15.9. The Labute approximate surface area is 98.9 Å². The fourth-order valence-corrected chi connectivity index (χ4v) is 1.64. The molecule has 0 radical (unpaired) electrons. The van der Waals surface area contributed by atoms with Gasteiger partial charge in [-0.2, -0.15) is 0 Å². The third-order valence-corrected chi connectivity index (χ3v) is 2.63. The van der Waals surface area contributed by atoms with Crippen molar-refractivity contribution in [1.82, 2.24) is 4.98 Å². The van der Waals surface area contributed by atoms with Crippen LogP contribution >= 0.6 is 11.6 Å². The van der Waals surface area contributed by atoms with Gasteiger partial charge in [-0.05, 0) is 23.8 Å². The Balaban J connectivity index is 2.18. The second-order valence-corrected chi connectivity index (χ2v) is 3.81. The van der Waals surface area contributed by atoms with Crippen LogP contribution in [0.25, 0.3) is 0 Å². The van der Waals surface area contributed by atoms with Crippen LogP contribution in [0.2, 0.25) is 5.02 Å². The van der Waals surface area contributed by atoms with E-state index in [9.17, 15) is 4.79 Å². The largest absolute Gasteiger partial charge is 0.292 e. The van der Waals surface area contributed by atoms with Gasteiger partial charge in [0.05, 0.1) is 0 Å².